The molecule has 2 amide bonds. The van der Waals surface area contributed by atoms with Crippen molar-refractivity contribution in [1.82, 2.24) is 24.5 Å². The number of hydrogen-bond donors (Lipinski definition) is 2. The van der Waals surface area contributed by atoms with Gasteiger partial charge in [-0.1, -0.05) is 22.6 Å². The molecule has 16 heteroatoms. The molecule has 32 heavy (non-hydrogen) atoms. The molecular formula is C16H20IN7O7S. The van der Waals surface area contributed by atoms with Gasteiger partial charge in [-0.3, -0.25) is 10.00 Å². The lowest BCUT2D eigenvalue weighted by Gasteiger charge is -2.21. The highest BCUT2D eigenvalue weighted by Crippen LogP contribution is 2.23. The van der Waals surface area contributed by atoms with Gasteiger partial charge in [-0.2, -0.15) is 23.5 Å². The molecule has 3 rings (SSSR count). The number of oxime groups is 1. The van der Waals surface area contributed by atoms with Crippen LogP contribution in [0.25, 0.3) is 0 Å². The predicted molar refractivity (Wildman–Crippen MR) is 119 cm³/mol. The highest BCUT2D eigenvalue weighted by atomic mass is 127. The number of rotatable bonds is 7. The second kappa shape index (κ2) is 9.72. The summed E-state index contributed by atoms with van der Waals surface area (Å²) in [6.07, 6.45) is -0.310. The number of aryl methyl sites for hydroxylation is 2. The van der Waals surface area contributed by atoms with E-state index < -0.39 is 16.1 Å². The molecule has 2 N–H and O–H groups in total. The summed E-state index contributed by atoms with van der Waals surface area (Å²) in [4.78, 5) is 25.4. The number of alkyl halides is 1. The fraction of sp³-hybridized carbons (Fsp3) is 0.438. The minimum atomic E-state index is -4.42. The van der Waals surface area contributed by atoms with Crippen molar-refractivity contribution in [2.75, 3.05) is 30.6 Å². The SMILES string of the molecule is COc1cc(OC)nc(NC(=O)NS(=O)(=O)c2c(C3=NOCC(CI)O3)c(C)nn2C)n1. The first-order valence-corrected chi connectivity index (χ1v) is 12.0. The summed E-state index contributed by atoms with van der Waals surface area (Å²) in [5.41, 5.74) is 0.409. The van der Waals surface area contributed by atoms with Crippen LogP contribution in [0.15, 0.2) is 16.2 Å². The van der Waals surface area contributed by atoms with Crippen LogP contribution in [0.5, 0.6) is 11.8 Å². The third kappa shape index (κ3) is 5.12. The molecule has 0 saturated carbocycles. The van der Waals surface area contributed by atoms with E-state index in [2.05, 4.69) is 48.1 Å². The van der Waals surface area contributed by atoms with Crippen LogP contribution in [0.1, 0.15) is 11.3 Å². The van der Waals surface area contributed by atoms with Gasteiger partial charge in [0.25, 0.3) is 15.9 Å². The third-order valence-corrected chi connectivity index (χ3v) is 6.46. The van der Waals surface area contributed by atoms with Crippen molar-refractivity contribution in [3.8, 4) is 11.8 Å². The topological polar surface area (TPSA) is 168 Å². The van der Waals surface area contributed by atoms with Gasteiger partial charge < -0.3 is 19.0 Å². The third-order valence-electron chi connectivity index (χ3n) is 4.05. The Balaban J connectivity index is 1.88. The van der Waals surface area contributed by atoms with Gasteiger partial charge in [-0.15, -0.1) is 0 Å². The molecule has 0 fully saturated rings. The van der Waals surface area contributed by atoms with Crippen LogP contribution >= 0.6 is 22.6 Å². The van der Waals surface area contributed by atoms with Crippen molar-refractivity contribution < 1.29 is 32.3 Å². The monoisotopic (exact) mass is 581 g/mol. The zero-order valence-electron chi connectivity index (χ0n) is 17.4. The van der Waals surface area contributed by atoms with Crippen molar-refractivity contribution in [2.45, 2.75) is 18.1 Å². The molecule has 1 atom stereocenters. The molecule has 1 unspecified atom stereocenters. The molecule has 1 aliphatic heterocycles. The second-order valence-corrected chi connectivity index (χ2v) is 8.79. The van der Waals surface area contributed by atoms with Gasteiger partial charge >= 0.3 is 6.03 Å². The van der Waals surface area contributed by atoms with E-state index in [0.717, 1.165) is 4.68 Å². The van der Waals surface area contributed by atoms with Gasteiger partial charge in [0, 0.05) is 11.5 Å². The molecule has 0 saturated heterocycles. The van der Waals surface area contributed by atoms with Crippen LogP contribution in [0.3, 0.4) is 0 Å². The van der Waals surface area contributed by atoms with Crippen LogP contribution in [-0.4, -0.2) is 71.5 Å². The Morgan fingerprint density at radius 2 is 1.97 bits per heavy atom. The summed E-state index contributed by atoms with van der Waals surface area (Å²) in [7, 11) is -0.276. The fourth-order valence-electron chi connectivity index (χ4n) is 2.73. The van der Waals surface area contributed by atoms with E-state index in [-0.39, 0.29) is 46.9 Å². The summed E-state index contributed by atoms with van der Waals surface area (Å²) in [5.74, 6) is -0.0487. The van der Waals surface area contributed by atoms with Crippen molar-refractivity contribution in [1.29, 1.82) is 0 Å². The molecule has 3 heterocycles. The Kier molecular flexibility index (Phi) is 7.22. The molecule has 0 radical (unpaired) electrons. The number of amides is 2. The zero-order chi connectivity index (χ0) is 23.5. The van der Waals surface area contributed by atoms with Crippen LogP contribution in [0.2, 0.25) is 0 Å². The Hall–Kier alpha value is -2.89. The Morgan fingerprint density at radius 1 is 1.31 bits per heavy atom. The maximum atomic E-state index is 13.1. The lowest BCUT2D eigenvalue weighted by atomic mass is 10.2. The molecule has 2 aromatic heterocycles. The van der Waals surface area contributed by atoms with E-state index in [1.54, 1.807) is 6.92 Å². The molecule has 174 valence electrons. The van der Waals surface area contributed by atoms with Crippen LogP contribution in [-0.2, 0) is 26.6 Å². The van der Waals surface area contributed by atoms with Crippen LogP contribution in [0, 0.1) is 6.92 Å². The van der Waals surface area contributed by atoms with Gasteiger partial charge in [0.05, 0.1) is 26.0 Å². The summed E-state index contributed by atoms with van der Waals surface area (Å²) >= 11 is 2.12. The van der Waals surface area contributed by atoms with Crippen LogP contribution in [0.4, 0.5) is 10.7 Å². The van der Waals surface area contributed by atoms with Crippen molar-refractivity contribution in [2.24, 2.45) is 12.2 Å². The summed E-state index contributed by atoms with van der Waals surface area (Å²) in [6.45, 7) is 1.82. The van der Waals surface area contributed by atoms with Gasteiger partial charge in [-0.05, 0) is 12.1 Å². The van der Waals surface area contributed by atoms with E-state index >= 15 is 0 Å². The molecule has 14 nitrogen and oxygen atoms in total. The number of nitrogens with one attached hydrogen (secondary N) is 2. The predicted octanol–water partition coefficient (Wildman–Crippen LogP) is 0.558. The molecule has 0 spiro atoms. The number of hydrogen-bond acceptors (Lipinski definition) is 11. The average Bonchev–Trinajstić information content (AvgIpc) is 3.07. The minimum absolute atomic E-state index is 0.0369. The van der Waals surface area contributed by atoms with Gasteiger partial charge in [-0.25, -0.2) is 9.52 Å². The fourth-order valence-corrected chi connectivity index (χ4v) is 4.45. The number of anilines is 1. The summed E-state index contributed by atoms with van der Waals surface area (Å²) in [6, 6.07) is 0.276. The summed E-state index contributed by atoms with van der Waals surface area (Å²) < 4.78 is 45.4. The number of aromatic nitrogens is 4. The first-order chi connectivity index (χ1) is 15.2. The standard InChI is InChI=1S/C16H20IN7O7S/c1-8-12(13-22-30-7-9(6-17)31-13)14(24(2)21-8)32(26,27)23-16(25)20-15-18-10(28-3)5-11(19-15)29-4/h5,9H,6-7H2,1-4H3,(H2,18,19,20,23,25). The highest BCUT2D eigenvalue weighted by Gasteiger charge is 2.34. The number of carbonyl (C=O) groups excluding carboxylic acids is 1. The van der Waals surface area contributed by atoms with Crippen LogP contribution < -0.4 is 19.5 Å². The number of methoxy groups -OCH3 is 2. The summed E-state index contributed by atoms with van der Waals surface area (Å²) in [5, 5.41) is 9.86. The number of sulfonamides is 1. The van der Waals surface area contributed by atoms with E-state index in [1.807, 2.05) is 4.72 Å². The first-order valence-electron chi connectivity index (χ1n) is 8.96. The molecule has 1 aliphatic rings. The lowest BCUT2D eigenvalue weighted by molar-refractivity contribution is 0.0228. The number of ether oxygens (including phenoxy) is 3. The number of nitrogens with zero attached hydrogens (tertiary/aromatic N) is 5. The normalized spacial score (nSPS) is 15.8. The molecular weight excluding hydrogens is 561 g/mol. The van der Waals surface area contributed by atoms with E-state index in [4.69, 9.17) is 19.0 Å². The van der Waals surface area contributed by atoms with E-state index in [1.165, 1.54) is 27.3 Å². The van der Waals surface area contributed by atoms with E-state index in [9.17, 15) is 13.2 Å². The van der Waals surface area contributed by atoms with Gasteiger partial charge in [0.15, 0.2) is 11.6 Å². The van der Waals surface area contributed by atoms with Crippen molar-refractivity contribution >= 4 is 50.5 Å². The van der Waals surface area contributed by atoms with Crippen molar-refractivity contribution in [3.63, 3.8) is 0 Å². The number of urea groups is 1. The minimum Gasteiger partial charge on any atom is -0.481 e. The van der Waals surface area contributed by atoms with Gasteiger partial charge in [0.2, 0.25) is 17.7 Å². The average molecular weight is 581 g/mol. The first kappa shape index (κ1) is 23.8. The maximum Gasteiger partial charge on any atom is 0.335 e. The van der Waals surface area contributed by atoms with Crippen molar-refractivity contribution in [3.05, 3.63) is 17.3 Å². The highest BCUT2D eigenvalue weighted by molar-refractivity contribution is 14.1. The Labute approximate surface area is 196 Å². The smallest absolute Gasteiger partial charge is 0.335 e. The van der Waals surface area contributed by atoms with E-state index in [0.29, 0.717) is 10.1 Å². The molecule has 0 aromatic carbocycles. The largest absolute Gasteiger partial charge is 0.481 e. The number of carbonyl (C=O) groups is 1. The number of halogens is 1. The van der Waals surface area contributed by atoms with Gasteiger partial charge in [0.1, 0.15) is 11.7 Å². The molecule has 2 aromatic rings. The zero-order valence-corrected chi connectivity index (χ0v) is 20.4. The lowest BCUT2D eigenvalue weighted by Crippen LogP contribution is -2.37. The Bertz CT molecular complexity index is 1130. The Morgan fingerprint density at radius 3 is 2.56 bits per heavy atom. The maximum absolute atomic E-state index is 13.1. The second-order valence-electron chi connectivity index (χ2n) is 6.31. The molecule has 0 bridgehead atoms. The quantitative estimate of drug-likeness (QED) is 0.348. The molecule has 0 aliphatic carbocycles.